The lowest BCUT2D eigenvalue weighted by Crippen LogP contribution is -2.31. The van der Waals surface area contributed by atoms with E-state index in [1.165, 1.54) is 25.7 Å². The van der Waals surface area contributed by atoms with E-state index in [1.54, 1.807) is 18.2 Å². The van der Waals surface area contributed by atoms with E-state index >= 15 is 0 Å². The summed E-state index contributed by atoms with van der Waals surface area (Å²) in [5, 5.41) is 3.04. The topological polar surface area (TPSA) is 55.1 Å². The third kappa shape index (κ3) is 3.96. The number of benzene rings is 1. The minimum Gasteiger partial charge on any atom is -0.398 e. The molecule has 1 aliphatic carbocycles. The highest BCUT2D eigenvalue weighted by atomic mass is 79.9. The highest BCUT2D eigenvalue weighted by Crippen LogP contribution is 2.28. The molecular weight excluding hydrogens is 304 g/mol. The van der Waals surface area contributed by atoms with Crippen molar-refractivity contribution < 1.29 is 4.79 Å². The van der Waals surface area contributed by atoms with Gasteiger partial charge in [0.05, 0.1) is 0 Å². The zero-order chi connectivity index (χ0) is 13.8. The number of nitrogens with two attached hydrogens (primary N) is 1. The Morgan fingerprint density at radius 2 is 2.26 bits per heavy atom. The number of anilines is 1. The Kier molecular flexibility index (Phi) is 4.86. The van der Waals surface area contributed by atoms with Crippen molar-refractivity contribution in [3.05, 3.63) is 28.2 Å². The molecule has 1 aromatic carbocycles. The molecule has 0 radical (unpaired) electrons. The molecule has 1 fully saturated rings. The van der Waals surface area contributed by atoms with Crippen LogP contribution in [0.15, 0.2) is 22.7 Å². The molecule has 0 heterocycles. The molecule has 0 aliphatic heterocycles. The maximum atomic E-state index is 12.1. The predicted octanol–water partition coefficient (Wildman–Crippen LogP) is 3.59. The van der Waals surface area contributed by atoms with Gasteiger partial charge in [-0.05, 0) is 58.8 Å². The summed E-state index contributed by atoms with van der Waals surface area (Å²) in [6.45, 7) is 3.08. The number of carbonyl (C=O) groups is 1. The Balaban J connectivity index is 1.88. The minimum absolute atomic E-state index is 0.0149. The largest absolute Gasteiger partial charge is 0.398 e. The average Bonchev–Trinajstić information content (AvgIpc) is 2.39. The van der Waals surface area contributed by atoms with E-state index in [0.717, 1.165) is 16.9 Å². The van der Waals surface area contributed by atoms with Gasteiger partial charge in [-0.25, -0.2) is 0 Å². The summed E-state index contributed by atoms with van der Waals surface area (Å²) in [5.41, 5.74) is 7.02. The van der Waals surface area contributed by atoms with Gasteiger partial charge in [0.15, 0.2) is 0 Å². The van der Waals surface area contributed by atoms with Crippen molar-refractivity contribution in [2.75, 3.05) is 12.3 Å². The molecule has 1 saturated carbocycles. The monoisotopic (exact) mass is 324 g/mol. The van der Waals surface area contributed by atoms with E-state index in [0.29, 0.717) is 17.2 Å². The molecule has 3 nitrogen and oxygen atoms in total. The molecule has 104 valence electrons. The van der Waals surface area contributed by atoms with E-state index in [-0.39, 0.29) is 5.91 Å². The highest BCUT2D eigenvalue weighted by molar-refractivity contribution is 9.10. The summed E-state index contributed by atoms with van der Waals surface area (Å²) in [4.78, 5) is 12.1. The van der Waals surface area contributed by atoms with E-state index in [9.17, 15) is 4.79 Å². The van der Waals surface area contributed by atoms with Crippen LogP contribution in [-0.4, -0.2) is 12.5 Å². The van der Waals surface area contributed by atoms with Gasteiger partial charge in [-0.1, -0.05) is 19.8 Å². The van der Waals surface area contributed by atoms with Crippen molar-refractivity contribution in [3.63, 3.8) is 0 Å². The highest BCUT2D eigenvalue weighted by Gasteiger charge is 2.19. The summed E-state index contributed by atoms with van der Waals surface area (Å²) in [5.74, 6) is 1.41. The van der Waals surface area contributed by atoms with Crippen LogP contribution in [0.3, 0.4) is 0 Å². The average molecular weight is 325 g/mol. The van der Waals surface area contributed by atoms with E-state index < -0.39 is 0 Å². The molecule has 19 heavy (non-hydrogen) atoms. The molecule has 0 bridgehead atoms. The molecule has 2 atom stereocenters. The Morgan fingerprint density at radius 3 is 2.95 bits per heavy atom. The van der Waals surface area contributed by atoms with Gasteiger partial charge in [0.2, 0.25) is 0 Å². The first kappa shape index (κ1) is 14.4. The number of hydrogen-bond donors (Lipinski definition) is 2. The van der Waals surface area contributed by atoms with Crippen molar-refractivity contribution >= 4 is 27.5 Å². The van der Waals surface area contributed by atoms with Gasteiger partial charge in [-0.15, -0.1) is 0 Å². The molecule has 1 amide bonds. The summed E-state index contributed by atoms with van der Waals surface area (Å²) in [7, 11) is 0. The van der Waals surface area contributed by atoms with Gasteiger partial charge in [0.25, 0.3) is 5.91 Å². The van der Waals surface area contributed by atoms with Gasteiger partial charge in [-0.3, -0.25) is 4.79 Å². The second kappa shape index (κ2) is 6.42. The SMILES string of the molecule is CC1CCCC(CNC(=O)c2ccc(N)c(Br)c2)C1. The lowest BCUT2D eigenvalue weighted by molar-refractivity contribution is 0.0940. The van der Waals surface area contributed by atoms with Gasteiger partial charge in [0.1, 0.15) is 0 Å². The van der Waals surface area contributed by atoms with Crippen LogP contribution < -0.4 is 11.1 Å². The van der Waals surface area contributed by atoms with Crippen molar-refractivity contribution in [2.24, 2.45) is 11.8 Å². The summed E-state index contributed by atoms with van der Waals surface area (Å²) in [6.07, 6.45) is 5.08. The number of hydrogen-bond acceptors (Lipinski definition) is 2. The van der Waals surface area contributed by atoms with Gasteiger partial charge < -0.3 is 11.1 Å². The Labute approximate surface area is 123 Å². The van der Waals surface area contributed by atoms with Crippen molar-refractivity contribution in [3.8, 4) is 0 Å². The first-order valence-corrected chi connectivity index (χ1v) is 7.68. The smallest absolute Gasteiger partial charge is 0.251 e. The molecule has 0 spiro atoms. The van der Waals surface area contributed by atoms with Crippen LogP contribution in [0.5, 0.6) is 0 Å². The molecule has 4 heteroatoms. The third-order valence-corrected chi connectivity index (χ3v) is 4.55. The fourth-order valence-electron chi connectivity index (χ4n) is 2.75. The van der Waals surface area contributed by atoms with Crippen LogP contribution >= 0.6 is 15.9 Å². The summed E-state index contributed by atoms with van der Waals surface area (Å²) >= 11 is 3.34. The third-order valence-electron chi connectivity index (χ3n) is 3.86. The fourth-order valence-corrected chi connectivity index (χ4v) is 3.13. The molecule has 3 N–H and O–H groups in total. The zero-order valence-corrected chi connectivity index (χ0v) is 12.9. The molecule has 2 unspecified atom stereocenters. The van der Waals surface area contributed by atoms with Gasteiger partial charge in [-0.2, -0.15) is 0 Å². The maximum Gasteiger partial charge on any atom is 0.251 e. The van der Waals surface area contributed by atoms with Gasteiger partial charge >= 0.3 is 0 Å². The first-order chi connectivity index (χ1) is 9.06. The number of halogens is 1. The standard InChI is InChI=1S/C15H21BrN2O/c1-10-3-2-4-11(7-10)9-18-15(19)12-5-6-14(17)13(16)8-12/h5-6,8,10-11H,2-4,7,9,17H2,1H3,(H,18,19). The van der Waals surface area contributed by atoms with Crippen LogP contribution in [0, 0.1) is 11.8 Å². The number of rotatable bonds is 3. The van der Waals surface area contributed by atoms with Crippen molar-refractivity contribution in [1.82, 2.24) is 5.32 Å². The molecule has 2 rings (SSSR count). The van der Waals surface area contributed by atoms with Crippen LogP contribution in [0.2, 0.25) is 0 Å². The zero-order valence-electron chi connectivity index (χ0n) is 11.3. The predicted molar refractivity (Wildman–Crippen MR) is 82.0 cm³/mol. The van der Waals surface area contributed by atoms with Crippen LogP contribution in [0.1, 0.15) is 43.0 Å². The fraction of sp³-hybridized carbons (Fsp3) is 0.533. The molecular formula is C15H21BrN2O. The number of carbonyl (C=O) groups excluding carboxylic acids is 1. The Bertz CT molecular complexity index is 461. The van der Waals surface area contributed by atoms with Gasteiger partial charge in [0, 0.05) is 22.3 Å². The lowest BCUT2D eigenvalue weighted by Gasteiger charge is -2.26. The second-order valence-corrected chi connectivity index (χ2v) is 6.44. The normalized spacial score (nSPS) is 23.1. The quantitative estimate of drug-likeness (QED) is 0.835. The second-order valence-electron chi connectivity index (χ2n) is 5.58. The Hall–Kier alpha value is -1.03. The van der Waals surface area contributed by atoms with E-state index in [2.05, 4.69) is 28.2 Å². The van der Waals surface area contributed by atoms with Crippen molar-refractivity contribution in [1.29, 1.82) is 0 Å². The van der Waals surface area contributed by atoms with Crippen LogP contribution in [0.25, 0.3) is 0 Å². The summed E-state index contributed by atoms with van der Waals surface area (Å²) < 4.78 is 0.770. The molecule has 1 aromatic rings. The number of nitrogen functional groups attached to an aromatic ring is 1. The number of nitrogens with one attached hydrogen (secondary N) is 1. The van der Waals surface area contributed by atoms with E-state index in [1.807, 2.05) is 0 Å². The molecule has 0 saturated heterocycles. The first-order valence-electron chi connectivity index (χ1n) is 6.89. The Morgan fingerprint density at radius 1 is 1.47 bits per heavy atom. The summed E-state index contributed by atoms with van der Waals surface area (Å²) in [6, 6.07) is 5.29. The lowest BCUT2D eigenvalue weighted by atomic mass is 9.82. The molecule has 1 aliphatic rings. The minimum atomic E-state index is -0.0149. The maximum absolute atomic E-state index is 12.1. The molecule has 0 aromatic heterocycles. The van der Waals surface area contributed by atoms with E-state index in [4.69, 9.17) is 5.73 Å². The van der Waals surface area contributed by atoms with Crippen LogP contribution in [-0.2, 0) is 0 Å². The number of amides is 1. The van der Waals surface area contributed by atoms with Crippen LogP contribution in [0.4, 0.5) is 5.69 Å². The van der Waals surface area contributed by atoms with Crippen molar-refractivity contribution in [2.45, 2.75) is 32.6 Å².